The average Bonchev–Trinajstić information content (AvgIpc) is 3.10. The molecule has 0 amide bonds. The molecule has 0 radical (unpaired) electrons. The Labute approximate surface area is 330 Å². The van der Waals surface area contributed by atoms with Crippen LogP contribution in [0.2, 0.25) is 31.7 Å². The second-order valence-electron chi connectivity index (χ2n) is 19.5. The summed E-state index contributed by atoms with van der Waals surface area (Å²) in [5.74, 6) is 11.2. The number of rotatable bonds is 30. The van der Waals surface area contributed by atoms with Gasteiger partial charge in [0.2, 0.25) is 0 Å². The molecule has 0 spiro atoms. The minimum Gasteiger partial charge on any atom is -0.0910 e. The van der Waals surface area contributed by atoms with Crippen molar-refractivity contribution in [2.45, 2.75) is 233 Å². The highest BCUT2D eigenvalue weighted by Crippen LogP contribution is 2.34. The summed E-state index contributed by atoms with van der Waals surface area (Å²) in [5, 5.41) is 9.53. The quantitative estimate of drug-likeness (QED) is 0.0645. The molecule has 0 nitrogen and oxygen atoms in total. The summed E-state index contributed by atoms with van der Waals surface area (Å²) in [7, 11) is 0. The first-order chi connectivity index (χ1) is 23.5. The molecule has 12 unspecified atom stereocenters. The molecule has 0 saturated heterocycles. The zero-order chi connectivity index (χ0) is 38.8. The molecular weight excluding hydrogens is 630 g/mol. The first kappa shape index (κ1) is 53.2. The van der Waals surface area contributed by atoms with Crippen molar-refractivity contribution >= 4 is 28.3 Å². The minimum absolute atomic E-state index is 0.618. The van der Waals surface area contributed by atoms with Crippen LogP contribution in [0.15, 0.2) is 0 Å². The Morgan fingerprint density at radius 2 is 0.440 bits per heavy atom. The van der Waals surface area contributed by atoms with E-state index in [1.807, 2.05) is 0 Å². The van der Waals surface area contributed by atoms with Crippen LogP contribution in [-0.2, 0) is 0 Å². The Kier molecular flexibility index (Phi) is 34.4. The van der Waals surface area contributed by atoms with Gasteiger partial charge in [0.05, 0.1) is 0 Å². The molecule has 0 bridgehead atoms. The Morgan fingerprint density at radius 3 is 0.600 bits per heavy atom. The topological polar surface area (TPSA) is 0 Å². The average molecular weight is 733 g/mol. The molecule has 0 aromatic rings. The fourth-order valence-corrected chi connectivity index (χ4v) is 19.0. The minimum atomic E-state index is -0.677. The first-order valence-corrected chi connectivity index (χ1v) is 28.4. The molecule has 0 aliphatic heterocycles. The highest BCUT2D eigenvalue weighted by atomic mass is 27.2. The number of hydrogen-bond acceptors (Lipinski definition) is 0. The standard InChI is InChI=1S/3C9H19.3C7H15.2Al/c3*1-5-6-7-9(4)8(2)3;3*1-5-7(4)6(2)3;;/h3*8-9H,2,5-7H2,1,3-4H3;3*6-7H,2,5H2,1,3-4H3;;. The van der Waals surface area contributed by atoms with Gasteiger partial charge in [-0.3, -0.25) is 0 Å². The highest BCUT2D eigenvalue weighted by molar-refractivity contribution is 6.59. The van der Waals surface area contributed by atoms with Gasteiger partial charge in [0, 0.05) is 0 Å². The highest BCUT2D eigenvalue weighted by Gasteiger charge is 2.30. The summed E-state index contributed by atoms with van der Waals surface area (Å²) >= 11 is -1.30. The van der Waals surface area contributed by atoms with Crippen LogP contribution >= 0.6 is 0 Å². The van der Waals surface area contributed by atoms with Crippen molar-refractivity contribution in [3.63, 3.8) is 0 Å². The molecule has 2 heteroatoms. The van der Waals surface area contributed by atoms with Crippen molar-refractivity contribution in [1.29, 1.82) is 0 Å². The Hall–Kier alpha value is 1.06. The summed E-state index contributed by atoms with van der Waals surface area (Å²) in [4.78, 5) is 0. The van der Waals surface area contributed by atoms with Crippen molar-refractivity contribution in [1.82, 2.24) is 0 Å². The van der Waals surface area contributed by atoms with Crippen molar-refractivity contribution in [3.8, 4) is 0 Å². The molecule has 0 aliphatic carbocycles. The van der Waals surface area contributed by atoms with E-state index in [9.17, 15) is 0 Å². The van der Waals surface area contributed by atoms with E-state index >= 15 is 0 Å². The predicted octanol–water partition coefficient (Wildman–Crippen LogP) is 17.4. The van der Waals surface area contributed by atoms with E-state index in [2.05, 4.69) is 125 Å². The van der Waals surface area contributed by atoms with Gasteiger partial charge in [-0.1, -0.05) is 269 Å². The van der Waals surface area contributed by atoms with E-state index < -0.39 is 28.3 Å². The second kappa shape index (κ2) is 32.3. The lowest BCUT2D eigenvalue weighted by Gasteiger charge is -2.30. The Bertz CT molecular complexity index is 626. The van der Waals surface area contributed by atoms with E-state index in [-0.39, 0.29) is 0 Å². The third-order valence-corrected chi connectivity index (χ3v) is 23.5. The maximum absolute atomic E-state index is 2.58. The van der Waals surface area contributed by atoms with Crippen molar-refractivity contribution in [2.24, 2.45) is 71.0 Å². The summed E-state index contributed by atoms with van der Waals surface area (Å²) in [6.07, 6.45) is 16.7. The lowest BCUT2D eigenvalue weighted by molar-refractivity contribution is 0.355. The van der Waals surface area contributed by atoms with Gasteiger partial charge in [0.15, 0.2) is 0 Å². The lowest BCUT2D eigenvalue weighted by Crippen LogP contribution is -2.27. The molecule has 0 fully saturated rings. The zero-order valence-corrected chi connectivity index (χ0v) is 41.1. The van der Waals surface area contributed by atoms with Crippen LogP contribution < -0.4 is 0 Å². The van der Waals surface area contributed by atoms with Gasteiger partial charge in [-0.25, -0.2) is 0 Å². The zero-order valence-electron chi connectivity index (χ0n) is 38.8. The van der Waals surface area contributed by atoms with Crippen LogP contribution in [0.25, 0.3) is 0 Å². The van der Waals surface area contributed by atoms with Gasteiger partial charge in [0.1, 0.15) is 0 Å². The van der Waals surface area contributed by atoms with Crippen LogP contribution in [0.1, 0.15) is 202 Å². The van der Waals surface area contributed by atoms with Crippen molar-refractivity contribution < 1.29 is 0 Å². The Morgan fingerprint density at radius 1 is 0.260 bits per heavy atom. The first-order valence-electron chi connectivity index (χ1n) is 23.5. The summed E-state index contributed by atoms with van der Waals surface area (Å²) in [6.45, 7) is 44.4. The van der Waals surface area contributed by atoms with Crippen LogP contribution in [0, 0.1) is 71.0 Å². The largest absolute Gasteiger partial charge is 0.262 e. The maximum Gasteiger partial charge on any atom is 0.262 e. The number of unbranched alkanes of at least 4 members (excludes halogenated alkanes) is 3. The molecule has 0 aromatic heterocycles. The monoisotopic (exact) mass is 733 g/mol. The van der Waals surface area contributed by atoms with E-state index in [1.165, 1.54) is 77.0 Å². The number of hydrogen-bond donors (Lipinski definition) is 0. The van der Waals surface area contributed by atoms with Gasteiger partial charge in [-0.15, -0.1) is 0 Å². The Balaban J connectivity index is 0. The lowest BCUT2D eigenvalue weighted by atomic mass is 9.92. The van der Waals surface area contributed by atoms with Crippen LogP contribution in [0.5, 0.6) is 0 Å². The van der Waals surface area contributed by atoms with Gasteiger partial charge >= 0.3 is 0 Å². The molecule has 50 heavy (non-hydrogen) atoms. The molecule has 0 N–H and O–H groups in total. The van der Waals surface area contributed by atoms with Crippen LogP contribution in [0.4, 0.5) is 0 Å². The third kappa shape index (κ3) is 25.2. The summed E-state index contributed by atoms with van der Waals surface area (Å²) < 4.78 is 0. The molecule has 0 saturated carbocycles. The smallest absolute Gasteiger partial charge is 0.0910 e. The van der Waals surface area contributed by atoms with Gasteiger partial charge in [-0.05, 0) is 35.5 Å². The van der Waals surface area contributed by atoms with Crippen LogP contribution in [-0.4, -0.2) is 28.3 Å². The third-order valence-electron chi connectivity index (χ3n) is 15.0. The van der Waals surface area contributed by atoms with Gasteiger partial charge < -0.3 is 0 Å². The van der Waals surface area contributed by atoms with Gasteiger partial charge in [0.25, 0.3) is 28.3 Å². The van der Waals surface area contributed by atoms with E-state index in [0.717, 1.165) is 71.0 Å². The predicted molar refractivity (Wildman–Crippen MR) is 240 cm³/mol. The van der Waals surface area contributed by atoms with Crippen LogP contribution in [0.3, 0.4) is 0 Å². The molecule has 0 aromatic carbocycles. The van der Waals surface area contributed by atoms with Crippen molar-refractivity contribution in [3.05, 3.63) is 0 Å². The SMILES string of the molecule is CCC(C)C(C)[CH2][Al]([CH2]C(C)C(C)CC)[CH2]C(C)C(C)CC.CCCCC(C)C(C)[CH2][Al]([CH2]C(C)C(C)CCCC)[CH2]C(C)C(C)CCCC. The van der Waals surface area contributed by atoms with E-state index in [4.69, 9.17) is 0 Å². The fraction of sp³-hybridized carbons (Fsp3) is 1.00. The fourth-order valence-electron chi connectivity index (χ4n) is 8.76. The van der Waals surface area contributed by atoms with Crippen molar-refractivity contribution in [2.75, 3.05) is 0 Å². The maximum atomic E-state index is 2.58. The molecule has 12 atom stereocenters. The molecule has 0 heterocycles. The molecule has 0 aliphatic rings. The summed E-state index contributed by atoms with van der Waals surface area (Å²) in [5.41, 5.74) is 0. The normalized spacial score (nSPS) is 19.1. The molecule has 0 rings (SSSR count). The second-order valence-corrected chi connectivity index (χ2v) is 25.8. The molecular formula is C48H102Al2. The summed E-state index contributed by atoms with van der Waals surface area (Å²) in [6, 6.07) is 0. The van der Waals surface area contributed by atoms with E-state index in [1.54, 1.807) is 31.7 Å². The van der Waals surface area contributed by atoms with E-state index in [0.29, 0.717) is 0 Å². The molecule has 300 valence electrons. The van der Waals surface area contributed by atoms with Gasteiger partial charge in [-0.2, -0.15) is 0 Å².